The van der Waals surface area contributed by atoms with Gasteiger partial charge in [0, 0.05) is 30.5 Å². The Hall–Kier alpha value is -2.10. The number of carbonyl (C=O) groups is 1. The summed E-state index contributed by atoms with van der Waals surface area (Å²) < 4.78 is 16.5. The van der Waals surface area contributed by atoms with Crippen LogP contribution in [0.1, 0.15) is 30.1 Å². The molecule has 0 bridgehead atoms. The molecular weight excluding hydrogens is 279 g/mol. The van der Waals surface area contributed by atoms with E-state index in [-0.39, 0.29) is 23.2 Å². The van der Waals surface area contributed by atoms with Crippen LogP contribution in [0, 0.1) is 17.2 Å². The zero-order valence-electron chi connectivity index (χ0n) is 12.2. The molecule has 1 aromatic heterocycles. The Kier molecular flexibility index (Phi) is 2.26. The van der Waals surface area contributed by atoms with Gasteiger partial charge < -0.3 is 9.47 Å². The van der Waals surface area contributed by atoms with Crippen molar-refractivity contribution < 1.29 is 9.18 Å². The highest BCUT2D eigenvalue weighted by Crippen LogP contribution is 2.76. The van der Waals surface area contributed by atoms with Gasteiger partial charge in [0.2, 0.25) is 5.91 Å². The minimum atomic E-state index is -0.298. The molecule has 2 aromatic rings. The Morgan fingerprint density at radius 3 is 2.64 bits per heavy atom. The van der Waals surface area contributed by atoms with E-state index in [1.165, 1.54) is 6.07 Å². The molecule has 1 unspecified atom stereocenters. The molecule has 3 nitrogen and oxygen atoms in total. The summed E-state index contributed by atoms with van der Waals surface area (Å²) in [7, 11) is 0. The highest BCUT2D eigenvalue weighted by atomic mass is 19.1. The molecule has 0 radical (unpaired) electrons. The lowest BCUT2D eigenvalue weighted by atomic mass is 9.98. The summed E-state index contributed by atoms with van der Waals surface area (Å²) in [6.45, 7) is 1.45. The predicted molar refractivity (Wildman–Crippen MR) is 79.5 cm³/mol. The van der Waals surface area contributed by atoms with Gasteiger partial charge in [-0.1, -0.05) is 18.2 Å². The van der Waals surface area contributed by atoms with E-state index in [4.69, 9.17) is 0 Å². The molecule has 0 saturated heterocycles. The van der Waals surface area contributed by atoms with Crippen LogP contribution in [0.15, 0.2) is 42.6 Å². The molecule has 2 heterocycles. The summed E-state index contributed by atoms with van der Waals surface area (Å²) >= 11 is 0. The zero-order chi connectivity index (χ0) is 14.9. The Morgan fingerprint density at radius 1 is 1.14 bits per heavy atom. The summed E-state index contributed by atoms with van der Waals surface area (Å²) in [5.74, 6) is 0.605. The van der Waals surface area contributed by atoms with Crippen molar-refractivity contribution in [3.63, 3.8) is 0 Å². The van der Waals surface area contributed by atoms with Crippen molar-refractivity contribution in [3.05, 3.63) is 59.7 Å². The number of carbonyl (C=O) groups excluding carboxylic acids is 1. The molecular formula is C18H17FN2O. The summed E-state index contributed by atoms with van der Waals surface area (Å²) in [6, 6.07) is 10.5. The Labute approximate surface area is 128 Å². The highest BCUT2D eigenvalue weighted by Gasteiger charge is 2.75. The maximum Gasteiger partial charge on any atom is 0.229 e. The van der Waals surface area contributed by atoms with Crippen molar-refractivity contribution >= 4 is 5.91 Å². The predicted octanol–water partition coefficient (Wildman–Crippen LogP) is 2.97. The van der Waals surface area contributed by atoms with Gasteiger partial charge in [0.15, 0.2) is 0 Å². The van der Waals surface area contributed by atoms with Crippen LogP contribution in [0.5, 0.6) is 0 Å². The number of fused-ring (bicyclic) bond motifs is 2. The largest absolute Gasteiger partial charge is 0.348 e. The van der Waals surface area contributed by atoms with E-state index in [0.717, 1.165) is 25.1 Å². The lowest BCUT2D eigenvalue weighted by molar-refractivity contribution is -0.137. The molecule has 112 valence electrons. The van der Waals surface area contributed by atoms with Crippen LogP contribution in [0.4, 0.5) is 4.39 Å². The Balaban J connectivity index is 1.62. The molecule has 2 fully saturated rings. The maximum atomic E-state index is 14.4. The van der Waals surface area contributed by atoms with E-state index in [1.54, 1.807) is 12.1 Å². The first-order valence-corrected chi connectivity index (χ1v) is 7.91. The van der Waals surface area contributed by atoms with Gasteiger partial charge in [0.1, 0.15) is 11.9 Å². The molecule has 1 atom stereocenters. The van der Waals surface area contributed by atoms with Crippen LogP contribution in [0.3, 0.4) is 0 Å². The first kappa shape index (κ1) is 12.4. The number of nitrogens with zero attached hydrogens (tertiary/aromatic N) is 2. The van der Waals surface area contributed by atoms with Crippen LogP contribution in [0.25, 0.3) is 0 Å². The normalized spacial score (nSPS) is 31.4. The Bertz CT molecular complexity index is 775. The molecule has 0 spiro atoms. The number of aromatic nitrogens is 1. The summed E-state index contributed by atoms with van der Waals surface area (Å²) in [4.78, 5) is 14.9. The average Bonchev–Trinajstić information content (AvgIpc) is 3.33. The molecule has 2 aliphatic carbocycles. The Morgan fingerprint density at radius 2 is 1.91 bits per heavy atom. The van der Waals surface area contributed by atoms with Crippen molar-refractivity contribution in [2.45, 2.75) is 25.4 Å². The van der Waals surface area contributed by atoms with Gasteiger partial charge in [0.05, 0.1) is 5.41 Å². The fraction of sp³-hybridized carbons (Fsp3) is 0.389. The molecule has 4 heteroatoms. The van der Waals surface area contributed by atoms with Crippen molar-refractivity contribution in [1.82, 2.24) is 9.47 Å². The first-order valence-electron chi connectivity index (χ1n) is 7.91. The van der Waals surface area contributed by atoms with Gasteiger partial charge in [-0.25, -0.2) is 4.39 Å². The smallest absolute Gasteiger partial charge is 0.229 e. The second kappa shape index (κ2) is 4.00. The van der Waals surface area contributed by atoms with Crippen molar-refractivity contribution in [1.29, 1.82) is 0 Å². The van der Waals surface area contributed by atoms with Gasteiger partial charge in [-0.15, -0.1) is 0 Å². The second-order valence-electron chi connectivity index (χ2n) is 6.81. The SMILES string of the molecule is O=C(N1CCn2cccc2C1c1ccccc1F)C12CC1C2. The number of hydrogen-bond acceptors (Lipinski definition) is 1. The van der Waals surface area contributed by atoms with Crippen LogP contribution in [-0.4, -0.2) is 21.9 Å². The summed E-state index contributed by atoms with van der Waals surface area (Å²) in [5.41, 5.74) is 1.54. The lowest BCUT2D eigenvalue weighted by Gasteiger charge is -2.38. The van der Waals surface area contributed by atoms with Crippen LogP contribution < -0.4 is 0 Å². The number of hydrogen-bond donors (Lipinski definition) is 0. The van der Waals surface area contributed by atoms with E-state index < -0.39 is 0 Å². The number of amides is 1. The summed E-state index contributed by atoms with van der Waals surface area (Å²) in [5, 5.41) is 0. The third kappa shape index (κ3) is 1.52. The average molecular weight is 296 g/mol. The molecule has 1 aliphatic heterocycles. The highest BCUT2D eigenvalue weighted by molar-refractivity contribution is 5.90. The molecule has 22 heavy (non-hydrogen) atoms. The molecule has 1 aromatic carbocycles. The van der Waals surface area contributed by atoms with Crippen LogP contribution in [0.2, 0.25) is 0 Å². The van der Waals surface area contributed by atoms with E-state index in [0.29, 0.717) is 18.0 Å². The minimum absolute atomic E-state index is 0.0712. The van der Waals surface area contributed by atoms with Crippen LogP contribution in [-0.2, 0) is 11.3 Å². The number of rotatable bonds is 2. The van der Waals surface area contributed by atoms with Crippen molar-refractivity contribution in [2.75, 3.05) is 6.54 Å². The van der Waals surface area contributed by atoms with Gasteiger partial charge in [-0.3, -0.25) is 4.79 Å². The zero-order valence-corrected chi connectivity index (χ0v) is 12.2. The molecule has 1 amide bonds. The lowest BCUT2D eigenvalue weighted by Crippen LogP contribution is -2.44. The fourth-order valence-electron chi connectivity index (χ4n) is 3.96. The van der Waals surface area contributed by atoms with E-state index in [1.807, 2.05) is 29.3 Å². The minimum Gasteiger partial charge on any atom is -0.348 e. The van der Waals surface area contributed by atoms with Gasteiger partial charge >= 0.3 is 0 Å². The van der Waals surface area contributed by atoms with Gasteiger partial charge in [-0.05, 0) is 37.0 Å². The number of benzene rings is 1. The third-order valence-electron chi connectivity index (χ3n) is 5.61. The van der Waals surface area contributed by atoms with Crippen molar-refractivity contribution in [2.24, 2.45) is 11.3 Å². The number of halogens is 1. The monoisotopic (exact) mass is 296 g/mol. The molecule has 2 saturated carbocycles. The van der Waals surface area contributed by atoms with E-state index in [9.17, 15) is 9.18 Å². The summed E-state index contributed by atoms with van der Waals surface area (Å²) in [6.07, 6.45) is 4.08. The van der Waals surface area contributed by atoms with Crippen LogP contribution >= 0.6 is 0 Å². The topological polar surface area (TPSA) is 25.2 Å². The first-order chi connectivity index (χ1) is 10.7. The molecule has 3 aliphatic rings. The standard InChI is InChI=1S/C18H17FN2O/c19-14-5-2-1-4-13(14)16-15-6-3-7-20(15)8-9-21(16)17(22)18-10-12(18)11-18/h1-7,12,16H,8-11H2. The van der Waals surface area contributed by atoms with Gasteiger partial charge in [0.25, 0.3) is 0 Å². The van der Waals surface area contributed by atoms with Crippen molar-refractivity contribution in [3.8, 4) is 0 Å². The van der Waals surface area contributed by atoms with E-state index >= 15 is 0 Å². The second-order valence-corrected chi connectivity index (χ2v) is 6.81. The van der Waals surface area contributed by atoms with Gasteiger partial charge in [-0.2, -0.15) is 0 Å². The van der Waals surface area contributed by atoms with E-state index in [2.05, 4.69) is 4.57 Å². The molecule has 5 rings (SSSR count). The third-order valence-corrected chi connectivity index (χ3v) is 5.61. The molecule has 0 N–H and O–H groups in total. The quantitative estimate of drug-likeness (QED) is 0.836. The maximum absolute atomic E-state index is 14.4. The fourth-order valence-corrected chi connectivity index (χ4v) is 3.96.